The third-order valence-corrected chi connectivity index (χ3v) is 6.64. The standard InChI is InChI=1S/C17H26ClN3O3S.ClH/c18-15-9-8-14(20-17(22)7-3-1-2-4-10-19)13-16(15)25(23,24)21-11-5-6-12-21;/h8-9,13H,1-7,10-12,19H2,(H,20,22);1H. The van der Waals surface area contributed by atoms with Crippen LogP contribution in [-0.4, -0.2) is 38.3 Å². The number of halogens is 2. The highest BCUT2D eigenvalue weighted by Crippen LogP contribution is 2.29. The Morgan fingerprint density at radius 3 is 2.46 bits per heavy atom. The normalized spacial score (nSPS) is 14.8. The molecule has 26 heavy (non-hydrogen) atoms. The zero-order valence-electron chi connectivity index (χ0n) is 14.7. The first-order valence-electron chi connectivity index (χ1n) is 8.75. The second-order valence-electron chi connectivity index (χ2n) is 6.26. The minimum atomic E-state index is -3.62. The molecule has 1 saturated heterocycles. The zero-order chi connectivity index (χ0) is 18.3. The van der Waals surface area contributed by atoms with Crippen molar-refractivity contribution < 1.29 is 13.2 Å². The Kier molecular flexibility index (Phi) is 9.89. The van der Waals surface area contributed by atoms with Crippen molar-refractivity contribution in [1.29, 1.82) is 0 Å². The lowest BCUT2D eigenvalue weighted by molar-refractivity contribution is -0.116. The molecule has 148 valence electrons. The van der Waals surface area contributed by atoms with E-state index in [9.17, 15) is 13.2 Å². The Morgan fingerprint density at radius 1 is 1.15 bits per heavy atom. The molecular formula is C17H27Cl2N3O3S. The van der Waals surface area contributed by atoms with Crippen LogP contribution >= 0.6 is 24.0 Å². The van der Waals surface area contributed by atoms with Gasteiger partial charge in [-0.25, -0.2) is 8.42 Å². The number of unbranched alkanes of at least 4 members (excludes halogenated alkanes) is 3. The van der Waals surface area contributed by atoms with Crippen LogP contribution in [0.5, 0.6) is 0 Å². The highest BCUT2D eigenvalue weighted by molar-refractivity contribution is 7.89. The van der Waals surface area contributed by atoms with E-state index in [4.69, 9.17) is 17.3 Å². The molecule has 1 aliphatic heterocycles. The Hall–Kier alpha value is -0.860. The summed E-state index contributed by atoms with van der Waals surface area (Å²) < 4.78 is 26.8. The number of hydrogen-bond acceptors (Lipinski definition) is 4. The first-order chi connectivity index (χ1) is 11.9. The molecule has 1 heterocycles. The van der Waals surface area contributed by atoms with Crippen molar-refractivity contribution >= 4 is 45.6 Å². The molecule has 0 unspecified atom stereocenters. The van der Waals surface area contributed by atoms with Crippen molar-refractivity contribution in [2.75, 3.05) is 25.0 Å². The van der Waals surface area contributed by atoms with Gasteiger partial charge < -0.3 is 11.1 Å². The minimum Gasteiger partial charge on any atom is -0.330 e. The van der Waals surface area contributed by atoms with E-state index in [-0.39, 0.29) is 28.2 Å². The van der Waals surface area contributed by atoms with Crippen LogP contribution in [0.3, 0.4) is 0 Å². The van der Waals surface area contributed by atoms with Gasteiger partial charge in [0.25, 0.3) is 0 Å². The van der Waals surface area contributed by atoms with Crippen LogP contribution in [0, 0.1) is 0 Å². The third-order valence-electron chi connectivity index (χ3n) is 4.26. The fourth-order valence-electron chi connectivity index (χ4n) is 2.85. The van der Waals surface area contributed by atoms with Crippen LogP contribution in [0.1, 0.15) is 44.9 Å². The lowest BCUT2D eigenvalue weighted by Crippen LogP contribution is -2.28. The molecule has 3 N–H and O–H groups in total. The van der Waals surface area contributed by atoms with E-state index in [1.165, 1.54) is 16.4 Å². The van der Waals surface area contributed by atoms with E-state index in [1.807, 2.05) is 0 Å². The summed E-state index contributed by atoms with van der Waals surface area (Å²) in [6, 6.07) is 4.58. The van der Waals surface area contributed by atoms with Crippen LogP contribution in [0.4, 0.5) is 5.69 Å². The number of rotatable bonds is 9. The summed E-state index contributed by atoms with van der Waals surface area (Å²) in [5.41, 5.74) is 5.89. The number of anilines is 1. The maximum Gasteiger partial charge on any atom is 0.244 e. The van der Waals surface area contributed by atoms with Crippen LogP contribution in [0.2, 0.25) is 5.02 Å². The Morgan fingerprint density at radius 2 is 1.81 bits per heavy atom. The Bertz CT molecular complexity index is 692. The first-order valence-corrected chi connectivity index (χ1v) is 10.6. The number of benzene rings is 1. The number of nitrogens with two attached hydrogens (primary N) is 1. The van der Waals surface area contributed by atoms with Gasteiger partial charge in [0.2, 0.25) is 15.9 Å². The summed E-state index contributed by atoms with van der Waals surface area (Å²) in [7, 11) is -3.62. The number of amides is 1. The first kappa shape index (κ1) is 23.2. The lowest BCUT2D eigenvalue weighted by atomic mass is 10.1. The molecule has 1 aromatic rings. The highest BCUT2D eigenvalue weighted by atomic mass is 35.5. The molecule has 1 fully saturated rings. The van der Waals surface area contributed by atoms with Crippen molar-refractivity contribution in [2.45, 2.75) is 49.8 Å². The zero-order valence-corrected chi connectivity index (χ0v) is 17.1. The molecule has 0 saturated carbocycles. The molecule has 1 aromatic carbocycles. The minimum absolute atomic E-state index is 0. The monoisotopic (exact) mass is 423 g/mol. The molecule has 0 aromatic heterocycles. The second-order valence-corrected chi connectivity index (χ2v) is 8.57. The van der Waals surface area contributed by atoms with Crippen LogP contribution in [0.15, 0.2) is 23.1 Å². The van der Waals surface area contributed by atoms with Crippen molar-refractivity contribution in [3.05, 3.63) is 23.2 Å². The molecule has 0 atom stereocenters. The van der Waals surface area contributed by atoms with Crippen molar-refractivity contribution in [3.63, 3.8) is 0 Å². The van der Waals surface area contributed by atoms with Gasteiger partial charge in [0.15, 0.2) is 0 Å². The third kappa shape index (κ3) is 6.39. The van der Waals surface area contributed by atoms with E-state index >= 15 is 0 Å². The van der Waals surface area contributed by atoms with E-state index in [0.717, 1.165) is 38.5 Å². The predicted molar refractivity (Wildman–Crippen MR) is 107 cm³/mol. The van der Waals surface area contributed by atoms with Gasteiger partial charge in [-0.3, -0.25) is 4.79 Å². The van der Waals surface area contributed by atoms with Crippen LogP contribution in [0.25, 0.3) is 0 Å². The van der Waals surface area contributed by atoms with E-state index < -0.39 is 10.0 Å². The van der Waals surface area contributed by atoms with Gasteiger partial charge in [-0.1, -0.05) is 24.4 Å². The average molecular weight is 424 g/mol. The number of carbonyl (C=O) groups excluding carboxylic acids is 1. The quantitative estimate of drug-likeness (QED) is 0.595. The van der Waals surface area contributed by atoms with Gasteiger partial charge in [0.1, 0.15) is 4.90 Å². The number of nitrogens with one attached hydrogen (secondary N) is 1. The largest absolute Gasteiger partial charge is 0.330 e. The molecule has 0 bridgehead atoms. The molecule has 0 aliphatic carbocycles. The molecule has 0 radical (unpaired) electrons. The summed E-state index contributed by atoms with van der Waals surface area (Å²) in [5, 5.41) is 2.93. The molecule has 0 spiro atoms. The lowest BCUT2D eigenvalue weighted by Gasteiger charge is -2.17. The summed E-state index contributed by atoms with van der Waals surface area (Å²) >= 11 is 6.10. The van der Waals surface area contributed by atoms with Crippen LogP contribution < -0.4 is 11.1 Å². The molecule has 1 amide bonds. The summed E-state index contributed by atoms with van der Waals surface area (Å²) in [6.07, 6.45) is 5.86. The van der Waals surface area contributed by atoms with Gasteiger partial charge >= 0.3 is 0 Å². The van der Waals surface area contributed by atoms with Gasteiger partial charge in [0, 0.05) is 25.2 Å². The molecule has 9 heteroatoms. The van der Waals surface area contributed by atoms with Gasteiger partial charge in [-0.05, 0) is 50.4 Å². The summed E-state index contributed by atoms with van der Waals surface area (Å²) in [6.45, 7) is 1.70. The van der Waals surface area contributed by atoms with Gasteiger partial charge in [0.05, 0.1) is 5.02 Å². The van der Waals surface area contributed by atoms with Crippen molar-refractivity contribution in [1.82, 2.24) is 4.31 Å². The molecule has 2 rings (SSSR count). The molecule has 6 nitrogen and oxygen atoms in total. The number of carbonyl (C=O) groups is 1. The van der Waals surface area contributed by atoms with E-state index in [2.05, 4.69) is 5.32 Å². The van der Waals surface area contributed by atoms with Crippen molar-refractivity contribution in [3.8, 4) is 0 Å². The Labute approximate surface area is 166 Å². The second kappa shape index (κ2) is 11.1. The van der Waals surface area contributed by atoms with E-state index in [1.54, 1.807) is 6.07 Å². The smallest absolute Gasteiger partial charge is 0.244 e. The van der Waals surface area contributed by atoms with Gasteiger partial charge in [-0.2, -0.15) is 4.31 Å². The molecular weight excluding hydrogens is 397 g/mol. The number of hydrogen-bond donors (Lipinski definition) is 2. The number of sulfonamides is 1. The maximum atomic E-state index is 12.7. The van der Waals surface area contributed by atoms with Crippen LogP contribution in [-0.2, 0) is 14.8 Å². The molecule has 1 aliphatic rings. The average Bonchev–Trinajstić information content (AvgIpc) is 3.11. The fourth-order valence-corrected chi connectivity index (χ4v) is 4.87. The van der Waals surface area contributed by atoms with Gasteiger partial charge in [-0.15, -0.1) is 12.4 Å². The van der Waals surface area contributed by atoms with Crippen molar-refractivity contribution in [2.24, 2.45) is 5.73 Å². The SMILES string of the molecule is Cl.NCCCCCCC(=O)Nc1ccc(Cl)c(S(=O)(=O)N2CCCC2)c1. The topological polar surface area (TPSA) is 92.5 Å². The Balaban J connectivity index is 0.00000338. The predicted octanol–water partition coefficient (Wildman–Crippen LogP) is 3.39. The highest BCUT2D eigenvalue weighted by Gasteiger charge is 2.29. The fraction of sp³-hybridized carbons (Fsp3) is 0.588. The summed E-state index contributed by atoms with van der Waals surface area (Å²) in [4.78, 5) is 12.1. The van der Waals surface area contributed by atoms with E-state index in [0.29, 0.717) is 31.7 Å². The maximum absolute atomic E-state index is 12.7. The summed E-state index contributed by atoms with van der Waals surface area (Å²) in [5.74, 6) is -0.125. The number of nitrogens with zero attached hydrogens (tertiary/aromatic N) is 1.